The molecule has 1 aromatic rings. The summed E-state index contributed by atoms with van der Waals surface area (Å²) in [7, 11) is 0. The molecular weight excluding hydrogens is 472 g/mol. The van der Waals surface area contributed by atoms with Gasteiger partial charge < -0.3 is 14.4 Å². The summed E-state index contributed by atoms with van der Waals surface area (Å²) in [6.07, 6.45) is 8.76. The second kappa shape index (κ2) is 10.0. The van der Waals surface area contributed by atoms with Gasteiger partial charge in [0.2, 0.25) is 5.91 Å². The zero-order valence-corrected chi connectivity index (χ0v) is 18.9. The lowest BCUT2D eigenvalue weighted by atomic mass is 10.2. The topological polar surface area (TPSA) is 76.2 Å². The Hall–Kier alpha value is -2.44. The first-order valence-electron chi connectivity index (χ1n) is 9.50. The Balaban J connectivity index is 1.80. The molecule has 0 atom stereocenters. The van der Waals surface area contributed by atoms with E-state index in [4.69, 9.17) is 15.9 Å². The maximum atomic E-state index is 12.7. The molecule has 2 aliphatic rings. The molecule has 0 radical (unpaired) electrons. The minimum Gasteiger partial charge on any atom is -0.490 e. The minimum atomic E-state index is -0.473. The van der Waals surface area contributed by atoms with E-state index in [-0.39, 0.29) is 24.0 Å². The summed E-state index contributed by atoms with van der Waals surface area (Å²) in [6.45, 7) is 3.46. The van der Waals surface area contributed by atoms with Crippen molar-refractivity contribution >= 4 is 50.8 Å². The fourth-order valence-corrected chi connectivity index (χ4v) is 4.59. The van der Waals surface area contributed by atoms with Crippen molar-refractivity contribution in [3.63, 3.8) is 0 Å². The van der Waals surface area contributed by atoms with E-state index < -0.39 is 11.1 Å². The second-order valence-corrected chi connectivity index (χ2v) is 8.46. The standard InChI is InChI=1S/C21H21BrN2O5S/c1-3-9-29-19-15(22)10-14(11-16(19)28-4-2)12-17-20(26)24(21(27)30-17)13-18(25)23-7-5-6-8-23/h1,10-12H,4-9,13H2,2H3/b17-12-. The van der Waals surface area contributed by atoms with Crippen molar-refractivity contribution in [1.29, 1.82) is 0 Å². The van der Waals surface area contributed by atoms with Gasteiger partial charge in [0.25, 0.3) is 11.1 Å². The summed E-state index contributed by atoms with van der Waals surface area (Å²) in [5.41, 5.74) is 0.648. The van der Waals surface area contributed by atoms with Crippen LogP contribution in [0.2, 0.25) is 0 Å². The lowest BCUT2D eigenvalue weighted by molar-refractivity contribution is -0.135. The number of hydrogen-bond donors (Lipinski definition) is 0. The Morgan fingerprint density at radius 1 is 1.30 bits per heavy atom. The third-order valence-corrected chi connectivity index (χ3v) is 6.05. The van der Waals surface area contributed by atoms with Crippen molar-refractivity contribution in [2.24, 2.45) is 0 Å². The average molecular weight is 493 g/mol. The van der Waals surface area contributed by atoms with Gasteiger partial charge in [0.1, 0.15) is 13.2 Å². The number of terminal acetylenes is 1. The first-order chi connectivity index (χ1) is 14.4. The number of likely N-dealkylation sites (tertiary alicyclic amines) is 1. The highest BCUT2D eigenvalue weighted by atomic mass is 79.9. The van der Waals surface area contributed by atoms with E-state index >= 15 is 0 Å². The van der Waals surface area contributed by atoms with E-state index in [1.165, 1.54) is 0 Å². The number of imide groups is 1. The molecule has 3 amide bonds. The van der Waals surface area contributed by atoms with Crippen molar-refractivity contribution in [2.45, 2.75) is 19.8 Å². The second-order valence-electron chi connectivity index (χ2n) is 6.61. The number of ether oxygens (including phenoxy) is 2. The van der Waals surface area contributed by atoms with Crippen molar-refractivity contribution in [1.82, 2.24) is 9.80 Å². The maximum Gasteiger partial charge on any atom is 0.294 e. The van der Waals surface area contributed by atoms with Gasteiger partial charge in [-0.05, 0) is 71.2 Å². The van der Waals surface area contributed by atoms with Crippen LogP contribution in [0.4, 0.5) is 4.79 Å². The quantitative estimate of drug-likeness (QED) is 0.428. The number of halogens is 1. The van der Waals surface area contributed by atoms with Gasteiger partial charge in [0, 0.05) is 13.1 Å². The number of carbonyl (C=O) groups excluding carboxylic acids is 3. The van der Waals surface area contributed by atoms with Gasteiger partial charge in [0.05, 0.1) is 16.0 Å². The Morgan fingerprint density at radius 3 is 2.70 bits per heavy atom. The lowest BCUT2D eigenvalue weighted by Gasteiger charge is -2.18. The normalized spacial score (nSPS) is 17.6. The summed E-state index contributed by atoms with van der Waals surface area (Å²) in [5.74, 6) is 2.67. The molecule has 0 bridgehead atoms. The number of thioether (sulfide) groups is 1. The van der Waals surface area contributed by atoms with E-state index in [0.717, 1.165) is 29.5 Å². The molecule has 0 N–H and O–H groups in total. The van der Waals surface area contributed by atoms with Crippen LogP contribution in [-0.4, -0.2) is 59.7 Å². The van der Waals surface area contributed by atoms with Crippen LogP contribution in [0.3, 0.4) is 0 Å². The van der Waals surface area contributed by atoms with Gasteiger partial charge in [0.15, 0.2) is 11.5 Å². The molecule has 2 aliphatic heterocycles. The van der Waals surface area contributed by atoms with E-state index in [2.05, 4.69) is 21.9 Å². The maximum absolute atomic E-state index is 12.7. The molecule has 30 heavy (non-hydrogen) atoms. The zero-order chi connectivity index (χ0) is 21.7. The number of benzene rings is 1. The molecule has 0 saturated carbocycles. The number of nitrogens with zero attached hydrogens (tertiary/aromatic N) is 2. The largest absolute Gasteiger partial charge is 0.490 e. The van der Waals surface area contributed by atoms with E-state index in [1.807, 2.05) is 6.92 Å². The van der Waals surface area contributed by atoms with Crippen LogP contribution < -0.4 is 9.47 Å². The summed E-state index contributed by atoms with van der Waals surface area (Å²) < 4.78 is 11.8. The molecule has 2 fully saturated rings. The van der Waals surface area contributed by atoms with Crippen LogP contribution in [0.1, 0.15) is 25.3 Å². The predicted octanol–water partition coefficient (Wildman–Crippen LogP) is 3.52. The van der Waals surface area contributed by atoms with Crippen molar-refractivity contribution in [3.05, 3.63) is 27.1 Å². The molecular formula is C21H21BrN2O5S. The third kappa shape index (κ3) is 4.99. The molecule has 158 valence electrons. The van der Waals surface area contributed by atoms with Gasteiger partial charge in [-0.25, -0.2) is 0 Å². The Labute approximate surface area is 187 Å². The molecule has 3 rings (SSSR count). The summed E-state index contributed by atoms with van der Waals surface area (Å²) in [6, 6.07) is 3.46. The van der Waals surface area contributed by atoms with E-state index in [9.17, 15) is 14.4 Å². The fraction of sp³-hybridized carbons (Fsp3) is 0.381. The van der Waals surface area contributed by atoms with Crippen molar-refractivity contribution < 1.29 is 23.9 Å². The molecule has 2 heterocycles. The lowest BCUT2D eigenvalue weighted by Crippen LogP contribution is -2.40. The van der Waals surface area contributed by atoms with Gasteiger partial charge in [-0.3, -0.25) is 19.3 Å². The highest BCUT2D eigenvalue weighted by molar-refractivity contribution is 9.10. The first kappa shape index (κ1) is 22.2. The number of rotatable bonds is 7. The van der Waals surface area contributed by atoms with Crippen LogP contribution in [-0.2, 0) is 9.59 Å². The third-order valence-electron chi connectivity index (χ3n) is 4.56. The Kier molecular flexibility index (Phi) is 7.45. The van der Waals surface area contributed by atoms with Crippen LogP contribution in [0, 0.1) is 12.3 Å². The summed E-state index contributed by atoms with van der Waals surface area (Å²) >= 11 is 4.25. The van der Waals surface area contributed by atoms with Crippen LogP contribution in [0.25, 0.3) is 6.08 Å². The molecule has 7 nitrogen and oxygen atoms in total. The SMILES string of the molecule is C#CCOc1c(Br)cc(/C=C2\SC(=O)N(CC(=O)N3CCCC3)C2=O)cc1OCC. The molecule has 2 saturated heterocycles. The highest BCUT2D eigenvalue weighted by Crippen LogP contribution is 2.39. The minimum absolute atomic E-state index is 0.0853. The van der Waals surface area contributed by atoms with Crippen LogP contribution in [0.15, 0.2) is 21.5 Å². The van der Waals surface area contributed by atoms with Gasteiger partial charge in [-0.15, -0.1) is 6.42 Å². The highest BCUT2D eigenvalue weighted by Gasteiger charge is 2.37. The smallest absolute Gasteiger partial charge is 0.294 e. The van der Waals surface area contributed by atoms with Crippen LogP contribution in [0.5, 0.6) is 11.5 Å². The van der Waals surface area contributed by atoms with Gasteiger partial charge in [-0.2, -0.15) is 0 Å². The number of hydrogen-bond acceptors (Lipinski definition) is 6. The average Bonchev–Trinajstić information content (AvgIpc) is 3.33. The Bertz CT molecular complexity index is 934. The van der Waals surface area contributed by atoms with Crippen molar-refractivity contribution in [3.8, 4) is 23.8 Å². The fourth-order valence-electron chi connectivity index (χ4n) is 3.18. The Morgan fingerprint density at radius 2 is 2.03 bits per heavy atom. The van der Waals surface area contributed by atoms with Gasteiger partial charge in [-0.1, -0.05) is 5.92 Å². The molecule has 0 unspecified atom stereocenters. The molecule has 0 spiro atoms. The molecule has 0 aliphatic carbocycles. The monoisotopic (exact) mass is 492 g/mol. The first-order valence-corrected chi connectivity index (χ1v) is 11.1. The number of amides is 3. The summed E-state index contributed by atoms with van der Waals surface area (Å²) in [4.78, 5) is 40.3. The van der Waals surface area contributed by atoms with Crippen LogP contribution >= 0.6 is 27.7 Å². The zero-order valence-electron chi connectivity index (χ0n) is 16.5. The number of carbonyl (C=O) groups is 3. The molecule has 1 aromatic carbocycles. The van der Waals surface area contributed by atoms with Crippen molar-refractivity contribution in [2.75, 3.05) is 32.8 Å². The van der Waals surface area contributed by atoms with E-state index in [0.29, 0.717) is 41.2 Å². The molecule has 9 heteroatoms. The predicted molar refractivity (Wildman–Crippen MR) is 118 cm³/mol. The summed E-state index contributed by atoms with van der Waals surface area (Å²) in [5, 5.41) is -0.447. The van der Waals surface area contributed by atoms with Gasteiger partial charge >= 0.3 is 0 Å². The van der Waals surface area contributed by atoms with E-state index in [1.54, 1.807) is 23.1 Å². The molecule has 0 aromatic heterocycles.